The highest BCUT2D eigenvalue weighted by Crippen LogP contribution is 2.30. The van der Waals surface area contributed by atoms with Gasteiger partial charge in [-0.25, -0.2) is 0 Å². The number of ether oxygens (including phenoxy) is 1. The molecule has 0 fully saturated rings. The van der Waals surface area contributed by atoms with Crippen molar-refractivity contribution in [3.63, 3.8) is 0 Å². The number of hydrogen-bond acceptors (Lipinski definition) is 3. The summed E-state index contributed by atoms with van der Waals surface area (Å²) < 4.78 is 6.01. The van der Waals surface area contributed by atoms with Crippen molar-refractivity contribution in [2.24, 2.45) is 5.84 Å². The van der Waals surface area contributed by atoms with Crippen molar-refractivity contribution in [3.8, 4) is 0 Å². The molecule has 21 heavy (non-hydrogen) atoms. The summed E-state index contributed by atoms with van der Waals surface area (Å²) in [4.78, 5) is 0. The predicted octanol–water partition coefficient (Wildman–Crippen LogP) is 2.68. The molecule has 0 aliphatic carbocycles. The zero-order chi connectivity index (χ0) is 14.7. The molecule has 0 saturated carbocycles. The number of hydrazine groups is 1. The van der Waals surface area contributed by atoms with Gasteiger partial charge in [0, 0.05) is 0 Å². The van der Waals surface area contributed by atoms with Gasteiger partial charge in [0.15, 0.2) is 0 Å². The van der Waals surface area contributed by atoms with E-state index in [0.29, 0.717) is 0 Å². The first-order valence-electron chi connectivity index (χ1n) is 7.49. The lowest BCUT2D eigenvalue weighted by atomic mass is 9.90. The first kappa shape index (κ1) is 14.3. The number of nitrogens with two attached hydrogens (primary N) is 1. The average molecular weight is 282 g/mol. The molecule has 110 valence electrons. The number of aryl methyl sites for hydroxylation is 1. The van der Waals surface area contributed by atoms with Crippen molar-refractivity contribution in [3.05, 3.63) is 70.8 Å². The van der Waals surface area contributed by atoms with Crippen molar-refractivity contribution >= 4 is 0 Å². The number of fused-ring (bicyclic) bond motifs is 1. The molecule has 1 aliphatic rings. The molecular weight excluding hydrogens is 260 g/mol. The second-order valence-corrected chi connectivity index (χ2v) is 5.70. The Labute approximate surface area is 126 Å². The molecule has 1 aliphatic heterocycles. The Morgan fingerprint density at radius 2 is 1.95 bits per heavy atom. The van der Waals surface area contributed by atoms with Gasteiger partial charge in [0.05, 0.1) is 18.8 Å². The van der Waals surface area contributed by atoms with Crippen LogP contribution in [0.15, 0.2) is 48.5 Å². The van der Waals surface area contributed by atoms with Crippen LogP contribution < -0.4 is 11.3 Å². The molecule has 0 amide bonds. The molecule has 2 unspecified atom stereocenters. The van der Waals surface area contributed by atoms with Gasteiger partial charge in [0.1, 0.15) is 0 Å². The van der Waals surface area contributed by atoms with Crippen LogP contribution in [0.4, 0.5) is 0 Å². The lowest BCUT2D eigenvalue weighted by molar-refractivity contribution is 0.0154. The van der Waals surface area contributed by atoms with Gasteiger partial charge in [0.25, 0.3) is 0 Å². The van der Waals surface area contributed by atoms with Crippen LogP contribution in [0.2, 0.25) is 0 Å². The summed E-state index contributed by atoms with van der Waals surface area (Å²) in [5, 5.41) is 0. The maximum Gasteiger partial charge on any atom is 0.0997 e. The molecule has 3 rings (SSSR count). The van der Waals surface area contributed by atoms with Crippen molar-refractivity contribution in [1.29, 1.82) is 0 Å². The maximum absolute atomic E-state index is 6.01. The molecule has 0 aromatic heterocycles. The fraction of sp³-hybridized carbons (Fsp3) is 0.333. The smallest absolute Gasteiger partial charge is 0.0997 e. The summed E-state index contributed by atoms with van der Waals surface area (Å²) in [6, 6.07) is 17.2. The van der Waals surface area contributed by atoms with Crippen LogP contribution in [-0.2, 0) is 17.6 Å². The van der Waals surface area contributed by atoms with Gasteiger partial charge in [0.2, 0.25) is 0 Å². The topological polar surface area (TPSA) is 47.3 Å². The summed E-state index contributed by atoms with van der Waals surface area (Å²) in [6.07, 6.45) is 1.85. The minimum atomic E-state index is 0.0150. The predicted molar refractivity (Wildman–Crippen MR) is 84.8 cm³/mol. The molecular formula is C18H22N2O. The average Bonchev–Trinajstić information content (AvgIpc) is 2.54. The van der Waals surface area contributed by atoms with E-state index in [2.05, 4.69) is 60.9 Å². The first-order chi connectivity index (χ1) is 10.3. The van der Waals surface area contributed by atoms with Gasteiger partial charge in [-0.1, -0.05) is 54.1 Å². The third-order valence-electron chi connectivity index (χ3n) is 4.19. The number of benzene rings is 2. The zero-order valence-corrected chi connectivity index (χ0v) is 12.4. The quantitative estimate of drug-likeness (QED) is 0.669. The standard InChI is InChI=1S/C18H22N2O/c1-13-6-8-14(9-7-13)12-17(20-19)18-16-5-3-2-4-15(16)10-11-21-18/h2-9,17-18,20H,10-12,19H2,1H3. The van der Waals surface area contributed by atoms with E-state index in [1.165, 1.54) is 22.3 Å². The molecule has 2 aromatic rings. The second-order valence-electron chi connectivity index (χ2n) is 5.70. The molecule has 0 saturated heterocycles. The van der Waals surface area contributed by atoms with Gasteiger partial charge in [-0.3, -0.25) is 11.3 Å². The normalized spacial score (nSPS) is 19.0. The molecule has 2 aromatic carbocycles. The zero-order valence-electron chi connectivity index (χ0n) is 12.4. The van der Waals surface area contributed by atoms with Gasteiger partial charge in [-0.05, 0) is 36.5 Å². The van der Waals surface area contributed by atoms with E-state index in [1.54, 1.807) is 0 Å². The fourth-order valence-corrected chi connectivity index (χ4v) is 2.99. The van der Waals surface area contributed by atoms with Crippen LogP contribution in [0.25, 0.3) is 0 Å². The number of hydrogen-bond donors (Lipinski definition) is 2. The summed E-state index contributed by atoms with van der Waals surface area (Å²) in [7, 11) is 0. The van der Waals surface area contributed by atoms with Crippen molar-refractivity contribution in [2.75, 3.05) is 6.61 Å². The van der Waals surface area contributed by atoms with E-state index in [0.717, 1.165) is 19.4 Å². The minimum absolute atomic E-state index is 0.0150. The Morgan fingerprint density at radius 3 is 2.71 bits per heavy atom. The Hall–Kier alpha value is -1.68. The summed E-state index contributed by atoms with van der Waals surface area (Å²) >= 11 is 0. The largest absolute Gasteiger partial charge is 0.371 e. The summed E-state index contributed by atoms with van der Waals surface area (Å²) in [6.45, 7) is 2.86. The van der Waals surface area contributed by atoms with E-state index >= 15 is 0 Å². The fourth-order valence-electron chi connectivity index (χ4n) is 2.99. The first-order valence-corrected chi connectivity index (χ1v) is 7.49. The second kappa shape index (κ2) is 6.39. The molecule has 0 spiro atoms. The minimum Gasteiger partial charge on any atom is -0.371 e. The lowest BCUT2D eigenvalue weighted by Gasteiger charge is -2.32. The highest BCUT2D eigenvalue weighted by atomic mass is 16.5. The van der Waals surface area contributed by atoms with Crippen LogP contribution in [0.3, 0.4) is 0 Å². The molecule has 3 heteroatoms. The maximum atomic E-state index is 6.01. The van der Waals surface area contributed by atoms with E-state index < -0.39 is 0 Å². The van der Waals surface area contributed by atoms with Crippen molar-refractivity contribution < 1.29 is 4.74 Å². The van der Waals surface area contributed by atoms with Gasteiger partial charge >= 0.3 is 0 Å². The summed E-state index contributed by atoms with van der Waals surface area (Å²) in [5.41, 5.74) is 8.13. The molecule has 2 atom stereocenters. The lowest BCUT2D eigenvalue weighted by Crippen LogP contribution is -2.43. The van der Waals surface area contributed by atoms with Crippen molar-refractivity contribution in [2.45, 2.75) is 31.9 Å². The Bertz CT molecular complexity index is 594. The van der Waals surface area contributed by atoms with E-state index in [1.807, 2.05) is 0 Å². The highest BCUT2D eigenvalue weighted by molar-refractivity contribution is 5.32. The third-order valence-corrected chi connectivity index (χ3v) is 4.19. The van der Waals surface area contributed by atoms with Gasteiger partial charge < -0.3 is 4.74 Å². The molecule has 3 nitrogen and oxygen atoms in total. The SMILES string of the molecule is Cc1ccc(CC(NN)C2OCCc3ccccc32)cc1. The van der Waals surface area contributed by atoms with E-state index in [9.17, 15) is 0 Å². The Kier molecular flexibility index (Phi) is 4.34. The molecule has 0 bridgehead atoms. The van der Waals surface area contributed by atoms with Crippen LogP contribution in [-0.4, -0.2) is 12.6 Å². The van der Waals surface area contributed by atoms with Crippen LogP contribution in [0.1, 0.15) is 28.4 Å². The Balaban J connectivity index is 1.82. The Morgan fingerprint density at radius 1 is 1.19 bits per heavy atom. The van der Waals surface area contributed by atoms with Gasteiger partial charge in [-0.15, -0.1) is 0 Å². The number of rotatable bonds is 4. The molecule has 0 radical (unpaired) electrons. The van der Waals surface area contributed by atoms with Crippen LogP contribution in [0, 0.1) is 6.92 Å². The van der Waals surface area contributed by atoms with E-state index in [-0.39, 0.29) is 12.1 Å². The summed E-state index contributed by atoms with van der Waals surface area (Å²) in [5.74, 6) is 5.81. The number of nitrogens with one attached hydrogen (secondary N) is 1. The highest BCUT2D eigenvalue weighted by Gasteiger charge is 2.28. The molecule has 1 heterocycles. The van der Waals surface area contributed by atoms with Gasteiger partial charge in [-0.2, -0.15) is 0 Å². The van der Waals surface area contributed by atoms with Crippen LogP contribution in [0.5, 0.6) is 0 Å². The van der Waals surface area contributed by atoms with E-state index in [4.69, 9.17) is 10.6 Å². The molecule has 3 N–H and O–H groups in total. The third kappa shape index (κ3) is 3.16. The monoisotopic (exact) mass is 282 g/mol. The van der Waals surface area contributed by atoms with Crippen molar-refractivity contribution in [1.82, 2.24) is 5.43 Å². The van der Waals surface area contributed by atoms with Crippen LogP contribution >= 0.6 is 0 Å².